The molecule has 0 fully saturated rings. The minimum Gasteiger partial charge on any atom is -0.508 e. The van der Waals surface area contributed by atoms with Crippen molar-refractivity contribution in [2.45, 2.75) is 18.7 Å². The largest absolute Gasteiger partial charge is 0.508 e. The Morgan fingerprint density at radius 3 is 2.88 bits per heavy atom. The molecular formula is C12H19NO2S. The van der Waals surface area contributed by atoms with Gasteiger partial charge < -0.3 is 15.2 Å². The Labute approximate surface area is 101 Å². The molecule has 0 amide bonds. The van der Waals surface area contributed by atoms with E-state index in [2.05, 4.69) is 18.5 Å². The lowest BCUT2D eigenvalue weighted by atomic mass is 10.2. The lowest BCUT2D eigenvalue weighted by Crippen LogP contribution is -2.22. The van der Waals surface area contributed by atoms with Crippen LogP contribution in [0.4, 0.5) is 0 Å². The highest BCUT2D eigenvalue weighted by Gasteiger charge is 2.04. The van der Waals surface area contributed by atoms with E-state index in [1.807, 2.05) is 17.8 Å². The van der Waals surface area contributed by atoms with E-state index >= 15 is 0 Å². The average Bonchev–Trinajstić information content (AvgIpc) is 2.31. The predicted octanol–water partition coefficient (Wildman–Crippen LogP) is 2.24. The van der Waals surface area contributed by atoms with Gasteiger partial charge >= 0.3 is 0 Å². The number of ether oxygens (including phenoxy) is 1. The molecule has 0 heterocycles. The van der Waals surface area contributed by atoms with E-state index in [4.69, 9.17) is 4.74 Å². The van der Waals surface area contributed by atoms with Crippen LogP contribution >= 0.6 is 11.8 Å². The van der Waals surface area contributed by atoms with Crippen LogP contribution in [0.5, 0.6) is 11.5 Å². The van der Waals surface area contributed by atoms with Crippen LogP contribution in [0.3, 0.4) is 0 Å². The lowest BCUT2D eigenvalue weighted by molar-refractivity contribution is 0.410. The highest BCUT2D eigenvalue weighted by molar-refractivity contribution is 7.99. The molecule has 0 aromatic heterocycles. The monoisotopic (exact) mass is 241 g/mol. The zero-order valence-corrected chi connectivity index (χ0v) is 10.8. The van der Waals surface area contributed by atoms with Gasteiger partial charge in [-0.2, -0.15) is 11.8 Å². The smallest absolute Gasteiger partial charge is 0.120 e. The number of nitrogens with one attached hydrogen (secondary N) is 1. The molecule has 1 aromatic carbocycles. The summed E-state index contributed by atoms with van der Waals surface area (Å²) in [5.41, 5.74) is 0.868. The third kappa shape index (κ3) is 3.94. The van der Waals surface area contributed by atoms with Gasteiger partial charge in [-0.25, -0.2) is 0 Å². The first-order chi connectivity index (χ1) is 7.67. The topological polar surface area (TPSA) is 41.5 Å². The Hall–Kier alpha value is -0.870. The molecule has 1 aromatic rings. The first-order valence-electron chi connectivity index (χ1n) is 5.26. The highest BCUT2D eigenvalue weighted by Crippen LogP contribution is 2.22. The predicted molar refractivity (Wildman–Crippen MR) is 69.3 cm³/mol. The molecular weight excluding hydrogens is 222 g/mol. The molecule has 3 nitrogen and oxygen atoms in total. The number of methoxy groups -OCH3 is 1. The molecule has 1 atom stereocenters. The van der Waals surface area contributed by atoms with Gasteiger partial charge in [0.15, 0.2) is 0 Å². The summed E-state index contributed by atoms with van der Waals surface area (Å²) in [6.45, 7) is 3.76. The molecule has 0 saturated heterocycles. The maximum absolute atomic E-state index is 9.65. The van der Waals surface area contributed by atoms with Crippen LogP contribution in [0.15, 0.2) is 18.2 Å². The summed E-state index contributed by atoms with van der Waals surface area (Å²) in [5.74, 6) is 1.08. The number of hydrogen-bond acceptors (Lipinski definition) is 4. The summed E-state index contributed by atoms with van der Waals surface area (Å²) >= 11 is 1.82. The fourth-order valence-electron chi connectivity index (χ4n) is 1.32. The highest BCUT2D eigenvalue weighted by atomic mass is 32.2. The van der Waals surface area contributed by atoms with Crippen LogP contribution in [0, 0.1) is 0 Å². The minimum absolute atomic E-state index is 0.310. The molecule has 4 heteroatoms. The van der Waals surface area contributed by atoms with Crippen molar-refractivity contribution in [2.24, 2.45) is 0 Å². The van der Waals surface area contributed by atoms with Crippen molar-refractivity contribution in [3.63, 3.8) is 0 Å². The average molecular weight is 241 g/mol. The fraction of sp³-hybridized carbons (Fsp3) is 0.500. The molecule has 0 radical (unpaired) electrons. The van der Waals surface area contributed by atoms with E-state index in [1.165, 1.54) is 0 Å². The Balaban J connectivity index is 2.52. The zero-order valence-electron chi connectivity index (χ0n) is 9.99. The Morgan fingerprint density at radius 1 is 1.50 bits per heavy atom. The first-order valence-corrected chi connectivity index (χ1v) is 6.55. The minimum atomic E-state index is 0.310. The van der Waals surface area contributed by atoms with Crippen molar-refractivity contribution in [3.05, 3.63) is 23.8 Å². The quantitative estimate of drug-likeness (QED) is 0.801. The van der Waals surface area contributed by atoms with Gasteiger partial charge in [0.2, 0.25) is 0 Å². The summed E-state index contributed by atoms with van der Waals surface area (Å²) < 4.78 is 5.12. The van der Waals surface area contributed by atoms with E-state index in [0.29, 0.717) is 17.5 Å². The Bertz CT molecular complexity index is 331. The third-order valence-corrected chi connectivity index (χ3v) is 3.41. The summed E-state index contributed by atoms with van der Waals surface area (Å²) in [4.78, 5) is 0. The molecule has 1 rings (SSSR count). The van der Waals surface area contributed by atoms with E-state index in [9.17, 15) is 5.11 Å². The molecule has 1 unspecified atom stereocenters. The van der Waals surface area contributed by atoms with Crippen LogP contribution < -0.4 is 10.1 Å². The summed E-state index contributed by atoms with van der Waals surface area (Å²) in [5, 5.41) is 13.5. The van der Waals surface area contributed by atoms with Crippen LogP contribution in [-0.4, -0.2) is 30.3 Å². The van der Waals surface area contributed by atoms with E-state index in [-0.39, 0.29) is 0 Å². The van der Waals surface area contributed by atoms with E-state index in [0.717, 1.165) is 17.9 Å². The number of hydrogen-bond donors (Lipinski definition) is 2. The summed E-state index contributed by atoms with van der Waals surface area (Å²) in [7, 11) is 1.62. The van der Waals surface area contributed by atoms with Gasteiger partial charge in [0, 0.05) is 23.9 Å². The van der Waals surface area contributed by atoms with Gasteiger partial charge in [-0.15, -0.1) is 0 Å². The molecule has 0 bridgehead atoms. The number of aromatic hydroxyl groups is 1. The van der Waals surface area contributed by atoms with Gasteiger partial charge in [0.1, 0.15) is 11.5 Å². The second-order valence-corrected chi connectivity index (χ2v) is 4.95. The van der Waals surface area contributed by atoms with Gasteiger partial charge in [-0.1, -0.05) is 6.92 Å². The van der Waals surface area contributed by atoms with Crippen molar-refractivity contribution in [3.8, 4) is 11.5 Å². The number of benzene rings is 1. The van der Waals surface area contributed by atoms with Crippen LogP contribution in [0.1, 0.15) is 12.5 Å². The van der Waals surface area contributed by atoms with Crippen molar-refractivity contribution < 1.29 is 9.84 Å². The van der Waals surface area contributed by atoms with Crippen LogP contribution in [0.25, 0.3) is 0 Å². The number of phenolic OH excluding ortho intramolecular Hbond substituents is 1. The zero-order chi connectivity index (χ0) is 12.0. The number of phenols is 1. The van der Waals surface area contributed by atoms with Crippen molar-refractivity contribution in [2.75, 3.05) is 19.9 Å². The Morgan fingerprint density at radius 2 is 2.25 bits per heavy atom. The first kappa shape index (κ1) is 13.2. The van der Waals surface area contributed by atoms with E-state index < -0.39 is 0 Å². The van der Waals surface area contributed by atoms with Crippen molar-refractivity contribution in [1.82, 2.24) is 5.32 Å². The maximum Gasteiger partial charge on any atom is 0.120 e. The molecule has 90 valence electrons. The van der Waals surface area contributed by atoms with Gasteiger partial charge in [-0.3, -0.25) is 0 Å². The lowest BCUT2D eigenvalue weighted by Gasteiger charge is -2.11. The second-order valence-electron chi connectivity index (χ2n) is 3.67. The Kier molecular flexibility index (Phi) is 5.49. The number of rotatable bonds is 6. The van der Waals surface area contributed by atoms with Gasteiger partial charge in [0.25, 0.3) is 0 Å². The summed E-state index contributed by atoms with van der Waals surface area (Å²) in [6, 6.07) is 5.27. The SMILES string of the molecule is COc1ccc(O)c(CNCC(C)SC)c1. The van der Waals surface area contributed by atoms with Crippen LogP contribution in [-0.2, 0) is 6.54 Å². The fourth-order valence-corrected chi connectivity index (χ4v) is 1.61. The molecule has 0 spiro atoms. The molecule has 0 aliphatic carbocycles. The van der Waals surface area contributed by atoms with Crippen LogP contribution in [0.2, 0.25) is 0 Å². The van der Waals surface area contributed by atoms with E-state index in [1.54, 1.807) is 19.2 Å². The standard InChI is InChI=1S/C12H19NO2S/c1-9(16-3)7-13-8-10-6-11(15-2)4-5-12(10)14/h4-6,9,13-14H,7-8H2,1-3H3. The maximum atomic E-state index is 9.65. The molecule has 16 heavy (non-hydrogen) atoms. The normalized spacial score (nSPS) is 12.4. The van der Waals surface area contributed by atoms with Crippen molar-refractivity contribution >= 4 is 11.8 Å². The van der Waals surface area contributed by atoms with Gasteiger partial charge in [0.05, 0.1) is 7.11 Å². The third-order valence-electron chi connectivity index (χ3n) is 2.44. The molecule has 0 aliphatic heterocycles. The summed E-state index contributed by atoms with van der Waals surface area (Å²) in [6.07, 6.45) is 2.09. The van der Waals surface area contributed by atoms with Crippen molar-refractivity contribution in [1.29, 1.82) is 0 Å². The molecule has 0 saturated carbocycles. The number of thioether (sulfide) groups is 1. The molecule has 2 N–H and O–H groups in total. The van der Waals surface area contributed by atoms with Gasteiger partial charge in [-0.05, 0) is 24.5 Å². The second kappa shape index (κ2) is 6.66. The molecule has 0 aliphatic rings.